The molecule has 0 bridgehead atoms. The SMILES string of the molecule is [3H]O[Si](C)(CCCOC(C)=O)O[3H]. The molecule has 0 atom stereocenters. The topological polar surface area (TPSA) is 66.8 Å². The molecule has 0 saturated heterocycles. The van der Waals surface area contributed by atoms with Crippen molar-refractivity contribution in [2.24, 2.45) is 0 Å². The normalized spacial score (nSPS) is 13.6. The van der Waals surface area contributed by atoms with Crippen molar-refractivity contribution in [3.05, 3.63) is 0 Å². The third-order valence-corrected chi connectivity index (χ3v) is 2.34. The summed E-state index contributed by atoms with van der Waals surface area (Å²) in [6.07, 6.45) is 0.556. The van der Waals surface area contributed by atoms with Crippen LogP contribution in [-0.4, -0.2) is 33.6 Å². The molecule has 0 fully saturated rings. The third-order valence-electron chi connectivity index (χ3n) is 1.08. The van der Waals surface area contributed by atoms with Crippen LogP contribution in [0.2, 0.25) is 12.6 Å². The lowest BCUT2D eigenvalue weighted by Gasteiger charge is -2.10. The van der Waals surface area contributed by atoms with E-state index in [1.165, 1.54) is 6.92 Å². The molecule has 0 unspecified atom stereocenters. The van der Waals surface area contributed by atoms with E-state index in [-0.39, 0.29) is 12.6 Å². The van der Waals surface area contributed by atoms with Crippen LogP contribution in [0.15, 0.2) is 0 Å². The lowest BCUT2D eigenvalue weighted by atomic mass is 10.5. The summed E-state index contributed by atoms with van der Waals surface area (Å²) >= 11 is 0. The van der Waals surface area contributed by atoms with Gasteiger partial charge in [-0.05, 0) is 19.0 Å². The van der Waals surface area contributed by atoms with Crippen LogP contribution in [-0.2, 0) is 9.53 Å². The van der Waals surface area contributed by atoms with Crippen molar-refractivity contribution in [2.75, 3.05) is 6.61 Å². The number of carbonyl (C=O) groups is 1. The van der Waals surface area contributed by atoms with Crippen molar-refractivity contribution >= 4 is 14.5 Å². The summed E-state index contributed by atoms with van der Waals surface area (Å²) in [5.41, 5.74) is 0. The van der Waals surface area contributed by atoms with Crippen molar-refractivity contribution in [1.82, 2.24) is 0 Å². The maximum absolute atomic E-state index is 10.4. The molecule has 0 aliphatic rings. The highest BCUT2D eigenvalue weighted by Crippen LogP contribution is 2.03. The smallest absolute Gasteiger partial charge is 0.329 e. The van der Waals surface area contributed by atoms with Gasteiger partial charge < -0.3 is 14.3 Å². The summed E-state index contributed by atoms with van der Waals surface area (Å²) in [5, 5.41) is 0. The van der Waals surface area contributed by atoms with Crippen LogP contribution in [0, 0.1) is 0 Å². The van der Waals surface area contributed by atoms with Gasteiger partial charge in [-0.2, -0.15) is 0 Å². The second-order valence-electron chi connectivity index (χ2n) is 2.58. The van der Waals surface area contributed by atoms with E-state index in [9.17, 15) is 4.79 Å². The molecule has 0 radical (unpaired) electrons. The lowest BCUT2D eigenvalue weighted by Crippen LogP contribution is -2.29. The van der Waals surface area contributed by atoms with Gasteiger partial charge in [0.2, 0.25) is 0 Å². The highest BCUT2D eigenvalue weighted by Gasteiger charge is 2.20. The average Bonchev–Trinajstić information content (AvgIpc) is 2.12. The van der Waals surface area contributed by atoms with Crippen LogP contribution < -0.4 is 0 Å². The molecule has 2 N–H and O–H groups in total. The summed E-state index contributed by atoms with van der Waals surface area (Å²) in [4.78, 5) is 19.0. The number of rotatable bonds is 6. The Morgan fingerprint density at radius 2 is 2.36 bits per heavy atom. The minimum Gasteiger partial charge on any atom is -0.466 e. The van der Waals surface area contributed by atoms with E-state index in [0.29, 0.717) is 12.5 Å². The van der Waals surface area contributed by atoms with Gasteiger partial charge >= 0.3 is 14.5 Å². The van der Waals surface area contributed by atoms with Gasteiger partial charge in [0.05, 0.1) is 6.61 Å². The average molecular weight is 182 g/mol. The third kappa shape index (κ3) is 9.61. The van der Waals surface area contributed by atoms with Gasteiger partial charge in [0, 0.05) is 6.92 Å². The van der Waals surface area contributed by atoms with E-state index >= 15 is 0 Å². The Kier molecular flexibility index (Phi) is 2.96. The zero-order valence-corrected chi connectivity index (χ0v) is 7.75. The molecular formula is C6H14O4Si. The van der Waals surface area contributed by atoms with Crippen LogP contribution in [0.4, 0.5) is 0 Å². The second kappa shape index (κ2) is 4.48. The molecule has 4 nitrogen and oxygen atoms in total. The Balaban J connectivity index is 3.55. The van der Waals surface area contributed by atoms with Gasteiger partial charge in [-0.15, -0.1) is 0 Å². The fourth-order valence-corrected chi connectivity index (χ4v) is 1.40. The van der Waals surface area contributed by atoms with E-state index in [1.54, 1.807) is 6.55 Å². The van der Waals surface area contributed by atoms with E-state index in [4.69, 9.17) is 2.86 Å². The molecular weight excluding hydrogens is 164 g/mol. The molecule has 11 heavy (non-hydrogen) atoms. The molecule has 0 heterocycles. The summed E-state index contributed by atoms with van der Waals surface area (Å²) in [7, 11) is -2.63. The highest BCUT2D eigenvalue weighted by molar-refractivity contribution is 6.63. The first kappa shape index (κ1) is 7.27. The number of hydrogen-bond acceptors (Lipinski definition) is 4. The molecule has 0 aromatic rings. The van der Waals surface area contributed by atoms with Crippen LogP contribution in [0.25, 0.3) is 0 Å². The van der Waals surface area contributed by atoms with Gasteiger partial charge in [0.25, 0.3) is 0 Å². The summed E-state index contributed by atoms with van der Waals surface area (Å²) in [6, 6.07) is 0.466. The Labute approximate surface area is 70.0 Å². The van der Waals surface area contributed by atoms with Crippen molar-refractivity contribution < 1.29 is 19.1 Å². The zero-order valence-electron chi connectivity index (χ0n) is 8.75. The molecule has 0 spiro atoms. The first-order valence-corrected chi connectivity index (χ1v) is 5.98. The van der Waals surface area contributed by atoms with Crippen LogP contribution in [0.1, 0.15) is 13.3 Å². The molecule has 0 aliphatic heterocycles. The van der Waals surface area contributed by atoms with Crippen molar-refractivity contribution in [2.45, 2.75) is 25.9 Å². The molecule has 0 aromatic carbocycles. The van der Waals surface area contributed by atoms with Gasteiger partial charge in [0.15, 0.2) is 2.86 Å². The number of carbonyl (C=O) groups excluding carboxylic acids is 1. The highest BCUT2D eigenvalue weighted by atomic mass is 28.4. The minimum absolute atomic E-state index is 0.282. The fraction of sp³-hybridized carbons (Fsp3) is 0.833. The Morgan fingerprint density at radius 1 is 1.73 bits per heavy atom. The molecule has 0 amide bonds. The molecule has 66 valence electrons. The van der Waals surface area contributed by atoms with Crippen LogP contribution in [0.3, 0.4) is 0 Å². The fourth-order valence-electron chi connectivity index (χ4n) is 0.609. The maximum atomic E-state index is 10.4. The van der Waals surface area contributed by atoms with Gasteiger partial charge in [0.1, 0.15) is 0 Å². The summed E-state index contributed by atoms with van der Waals surface area (Å²) in [6.45, 7) is 3.23. The van der Waals surface area contributed by atoms with E-state index in [0.717, 1.165) is 0 Å². The van der Waals surface area contributed by atoms with Crippen LogP contribution in [0.5, 0.6) is 0 Å². The monoisotopic (exact) mass is 182 g/mol. The van der Waals surface area contributed by atoms with Gasteiger partial charge in [-0.25, -0.2) is 0 Å². The standard InChI is InChI=1S/C6H14O4Si/c1-6(7)10-4-3-5-11(2,8)9/h8-9H,3-5H2,1-2H3/i8T,9T. The van der Waals surface area contributed by atoms with Crippen molar-refractivity contribution in [3.63, 3.8) is 0 Å². The predicted octanol–water partition coefficient (Wildman–Crippen LogP) is -0.00380. The zero-order chi connectivity index (χ0) is 10.3. The van der Waals surface area contributed by atoms with Gasteiger partial charge in [-0.3, -0.25) is 4.79 Å². The van der Waals surface area contributed by atoms with E-state index in [2.05, 4.69) is 14.3 Å². The number of ether oxygens (including phenoxy) is 1. The van der Waals surface area contributed by atoms with Crippen LogP contribution >= 0.6 is 0 Å². The summed E-state index contributed by atoms with van der Waals surface area (Å²) in [5.74, 6) is -0.332. The first-order chi connectivity index (χ1) is 6.04. The molecule has 0 saturated carbocycles. The molecule has 0 aliphatic carbocycles. The number of hydrogen-bond donors (Lipinski definition) is 2. The Hall–Kier alpha value is -0.393. The van der Waals surface area contributed by atoms with E-state index < -0.39 is 8.56 Å². The molecule has 5 heteroatoms. The lowest BCUT2D eigenvalue weighted by molar-refractivity contribution is -0.140. The molecule has 0 aromatic heterocycles. The Morgan fingerprint density at radius 3 is 2.82 bits per heavy atom. The maximum Gasteiger partial charge on any atom is 0.329 e. The second-order valence-corrected chi connectivity index (χ2v) is 5.35. The minimum atomic E-state index is -2.63. The largest absolute Gasteiger partial charge is 0.466 e. The predicted molar refractivity (Wildman–Crippen MR) is 42.1 cm³/mol. The van der Waals surface area contributed by atoms with Crippen molar-refractivity contribution in [3.8, 4) is 0 Å². The van der Waals surface area contributed by atoms with Gasteiger partial charge in [-0.1, -0.05) is 0 Å². The van der Waals surface area contributed by atoms with E-state index in [1.807, 2.05) is 0 Å². The van der Waals surface area contributed by atoms with Crippen molar-refractivity contribution in [1.29, 1.82) is 2.86 Å². The Bertz CT molecular complexity index is 163. The molecule has 0 rings (SSSR count). The number of esters is 1. The quantitative estimate of drug-likeness (QED) is 0.344. The summed E-state index contributed by atoms with van der Waals surface area (Å²) < 4.78 is 18.0. The first-order valence-electron chi connectivity index (χ1n) is 4.28.